The Morgan fingerprint density at radius 1 is 0.958 bits per heavy atom. The zero-order valence-electron chi connectivity index (χ0n) is 28.8. The average Bonchev–Trinajstić information content (AvgIpc) is 3.32. The van der Waals surface area contributed by atoms with E-state index in [1.165, 1.54) is 14.2 Å². The van der Waals surface area contributed by atoms with Crippen LogP contribution in [-0.4, -0.2) is 117 Å². The number of aliphatic hydroxyl groups is 5. The molecule has 3 aliphatic heterocycles. The van der Waals surface area contributed by atoms with Gasteiger partial charge in [0.1, 0.15) is 23.4 Å². The van der Waals surface area contributed by atoms with Crippen molar-refractivity contribution in [3.05, 3.63) is 23.8 Å². The predicted molar refractivity (Wildman–Crippen MR) is 172 cm³/mol. The number of piperidine rings is 2. The summed E-state index contributed by atoms with van der Waals surface area (Å²) in [6.45, 7) is 7.63. The molecule has 0 unspecified atom stereocenters. The van der Waals surface area contributed by atoms with Crippen LogP contribution in [0.5, 0.6) is 11.5 Å². The molecular formula is C37H53NO10. The minimum atomic E-state index is -1.61. The third-order valence-electron chi connectivity index (χ3n) is 15.1. The van der Waals surface area contributed by atoms with Gasteiger partial charge in [0.2, 0.25) is 0 Å². The zero-order valence-corrected chi connectivity index (χ0v) is 28.8. The molecule has 8 rings (SSSR count). The van der Waals surface area contributed by atoms with Crippen LogP contribution >= 0.6 is 0 Å². The first-order chi connectivity index (χ1) is 22.7. The van der Waals surface area contributed by atoms with Gasteiger partial charge < -0.3 is 44.5 Å². The Bertz CT molecular complexity index is 1470. The number of fused-ring (bicyclic) bond motifs is 5. The monoisotopic (exact) mass is 671 g/mol. The van der Waals surface area contributed by atoms with E-state index in [2.05, 4.69) is 18.7 Å². The molecular weight excluding hydrogens is 618 g/mol. The first-order valence-corrected chi connectivity index (χ1v) is 18.0. The van der Waals surface area contributed by atoms with Crippen LogP contribution in [0.15, 0.2) is 18.2 Å². The van der Waals surface area contributed by atoms with Crippen LogP contribution in [-0.2, 0) is 9.47 Å². The molecule has 11 heteroatoms. The number of hydrogen-bond acceptors (Lipinski definition) is 11. The second kappa shape index (κ2) is 10.8. The van der Waals surface area contributed by atoms with E-state index >= 15 is 0 Å². The largest absolute Gasteiger partial charge is 0.493 e. The van der Waals surface area contributed by atoms with Crippen molar-refractivity contribution >= 4 is 5.97 Å². The Morgan fingerprint density at radius 2 is 1.69 bits per heavy atom. The summed E-state index contributed by atoms with van der Waals surface area (Å²) in [6.07, 6.45) is 0.881. The molecule has 4 saturated carbocycles. The Kier molecular flexibility index (Phi) is 7.44. The lowest BCUT2D eigenvalue weighted by molar-refractivity contribution is -0.350. The molecule has 0 amide bonds. The van der Waals surface area contributed by atoms with Crippen molar-refractivity contribution in [2.75, 3.05) is 33.9 Å². The second-order valence-electron chi connectivity index (χ2n) is 17.0. The van der Waals surface area contributed by atoms with Crippen LogP contribution in [0.4, 0.5) is 0 Å². The maximum atomic E-state index is 13.4. The van der Waals surface area contributed by atoms with E-state index in [0.29, 0.717) is 61.6 Å². The van der Waals surface area contributed by atoms with Crippen molar-refractivity contribution < 1.29 is 49.3 Å². The van der Waals surface area contributed by atoms with Crippen molar-refractivity contribution in [1.82, 2.24) is 4.90 Å². The molecule has 3 saturated heterocycles. The normalized spacial score (nSPS) is 52.3. The van der Waals surface area contributed by atoms with Gasteiger partial charge in [0.25, 0.3) is 0 Å². The number of aliphatic hydroxyl groups excluding tert-OH is 2. The summed E-state index contributed by atoms with van der Waals surface area (Å²) in [5, 5.41) is 61.1. The molecule has 48 heavy (non-hydrogen) atoms. The SMILES string of the molecule is COc1ccc(C(=O)O[C@H]2CC[C@@]3(C)[C@@H]4CC[C@H]5[C@]6(O)[C@@H](O)[C@H](O)[C@H]7[C@@H](CN8C[C@@H](C)CC[C@H]8[C@@]7(C)O)[C@@H]6C[C@@]53OC[C@]24O)cc1OC. The molecule has 4 aliphatic carbocycles. The molecule has 5 N–H and O–H groups in total. The van der Waals surface area contributed by atoms with Gasteiger partial charge in [-0.1, -0.05) is 13.8 Å². The van der Waals surface area contributed by atoms with Crippen LogP contribution in [0.3, 0.4) is 0 Å². The van der Waals surface area contributed by atoms with E-state index in [1.807, 2.05) is 6.92 Å². The molecule has 7 fully saturated rings. The molecule has 1 spiro atoms. The van der Waals surface area contributed by atoms with Gasteiger partial charge in [0.15, 0.2) is 11.5 Å². The lowest BCUT2D eigenvalue weighted by atomic mass is 9.44. The standard InChI is InChI=1S/C37H53NO10/c1-19-6-11-27-34(3,42)29-21(17-38(27)16-19)22-15-36-26(37(22,44)31(40)30(29)39)10-9-25-33(36,2)13-12-28(35(25,43)18-47-36)48-32(41)20-7-8-23(45-4)24(14-20)46-5/h7-8,14,19,21-22,25-31,39-40,42-44H,6,9-13,15-18H2,1-5H3/t19-,21-,22-,25-,26+,27-,28-,29+,30+,31-,33-,34+,35+,36+,37-/m0/s1. The first kappa shape index (κ1) is 33.2. The van der Waals surface area contributed by atoms with Crippen LogP contribution in [0.2, 0.25) is 0 Å². The number of rotatable bonds is 4. The highest BCUT2D eigenvalue weighted by atomic mass is 16.6. The predicted octanol–water partition coefficient (Wildman–Crippen LogP) is 2.14. The Morgan fingerprint density at radius 3 is 2.42 bits per heavy atom. The number of hydrogen-bond donors (Lipinski definition) is 5. The van der Waals surface area contributed by atoms with Crippen molar-refractivity contribution in [3.8, 4) is 11.5 Å². The van der Waals surface area contributed by atoms with Gasteiger partial charge in [-0.15, -0.1) is 0 Å². The Labute approximate surface area is 282 Å². The number of ether oxygens (including phenoxy) is 4. The topological polar surface area (TPSA) is 158 Å². The Hall–Kier alpha value is -1.99. The fourth-order valence-corrected chi connectivity index (χ4v) is 13.0. The van der Waals surface area contributed by atoms with Gasteiger partial charge >= 0.3 is 5.97 Å². The van der Waals surface area contributed by atoms with Crippen LogP contribution in [0.1, 0.15) is 76.1 Å². The van der Waals surface area contributed by atoms with Crippen LogP contribution < -0.4 is 9.47 Å². The molecule has 4 bridgehead atoms. The summed E-state index contributed by atoms with van der Waals surface area (Å²) in [7, 11) is 3.03. The van der Waals surface area contributed by atoms with Crippen molar-refractivity contribution in [2.24, 2.45) is 40.9 Å². The third-order valence-corrected chi connectivity index (χ3v) is 15.1. The van der Waals surface area contributed by atoms with Crippen molar-refractivity contribution in [2.45, 2.75) is 112 Å². The van der Waals surface area contributed by atoms with Crippen LogP contribution in [0, 0.1) is 40.9 Å². The number of methoxy groups -OCH3 is 2. The van der Waals surface area contributed by atoms with E-state index in [9.17, 15) is 30.3 Å². The van der Waals surface area contributed by atoms with Gasteiger partial charge in [0.05, 0.1) is 43.7 Å². The minimum absolute atomic E-state index is 0.0629. The summed E-state index contributed by atoms with van der Waals surface area (Å²) in [6, 6.07) is 4.72. The first-order valence-electron chi connectivity index (χ1n) is 18.0. The van der Waals surface area contributed by atoms with Gasteiger partial charge in [-0.2, -0.15) is 0 Å². The van der Waals surface area contributed by atoms with E-state index in [4.69, 9.17) is 18.9 Å². The number of carbonyl (C=O) groups excluding carboxylic acids is 1. The molecule has 0 aromatic heterocycles. The number of nitrogens with zero attached hydrogens (tertiary/aromatic N) is 1. The van der Waals surface area contributed by atoms with E-state index in [0.717, 1.165) is 19.4 Å². The summed E-state index contributed by atoms with van der Waals surface area (Å²) in [4.78, 5) is 15.8. The fourth-order valence-electron chi connectivity index (χ4n) is 13.0. The smallest absolute Gasteiger partial charge is 0.338 e. The maximum Gasteiger partial charge on any atom is 0.338 e. The molecule has 1 aromatic carbocycles. The quantitative estimate of drug-likeness (QED) is 0.299. The van der Waals surface area contributed by atoms with Gasteiger partial charge in [0, 0.05) is 42.3 Å². The van der Waals surface area contributed by atoms with Gasteiger partial charge in [-0.3, -0.25) is 4.90 Å². The summed E-state index contributed by atoms with van der Waals surface area (Å²) < 4.78 is 23.6. The highest BCUT2D eigenvalue weighted by Gasteiger charge is 2.82. The van der Waals surface area contributed by atoms with Gasteiger partial charge in [-0.25, -0.2) is 4.79 Å². The van der Waals surface area contributed by atoms with Crippen molar-refractivity contribution in [1.29, 1.82) is 0 Å². The summed E-state index contributed by atoms with van der Waals surface area (Å²) >= 11 is 0. The average molecular weight is 672 g/mol. The minimum Gasteiger partial charge on any atom is -0.493 e. The fraction of sp³-hybridized carbons (Fsp3) is 0.811. The van der Waals surface area contributed by atoms with Crippen LogP contribution in [0.25, 0.3) is 0 Å². The zero-order chi connectivity index (χ0) is 34.2. The van der Waals surface area contributed by atoms with E-state index < -0.39 is 69.9 Å². The molecule has 7 aliphatic rings. The second-order valence-corrected chi connectivity index (χ2v) is 17.0. The maximum absolute atomic E-state index is 13.4. The molecule has 3 heterocycles. The number of carbonyl (C=O) groups is 1. The van der Waals surface area contributed by atoms with Gasteiger partial charge in [-0.05, 0) is 87.8 Å². The van der Waals surface area contributed by atoms with E-state index in [1.54, 1.807) is 18.2 Å². The molecule has 1 aromatic rings. The highest BCUT2D eigenvalue weighted by molar-refractivity contribution is 5.90. The molecule has 11 nitrogen and oxygen atoms in total. The molecule has 266 valence electrons. The third kappa shape index (κ3) is 4.04. The molecule has 0 radical (unpaired) electrons. The summed E-state index contributed by atoms with van der Waals surface area (Å²) in [5.41, 5.74) is -5.41. The molecule has 15 atom stereocenters. The lowest BCUT2D eigenvalue weighted by Crippen LogP contribution is -2.78. The van der Waals surface area contributed by atoms with E-state index in [-0.39, 0.29) is 24.5 Å². The highest BCUT2D eigenvalue weighted by Crippen LogP contribution is 2.74. The van der Waals surface area contributed by atoms with Crippen molar-refractivity contribution in [3.63, 3.8) is 0 Å². The lowest BCUT2D eigenvalue weighted by Gasteiger charge is -2.69. The number of esters is 1. The Balaban J connectivity index is 1.10. The summed E-state index contributed by atoms with van der Waals surface area (Å²) in [5.74, 6) is -1.13. The number of benzene rings is 1.